The van der Waals surface area contributed by atoms with Crippen molar-refractivity contribution in [3.63, 3.8) is 0 Å². The number of anilines is 1. The van der Waals surface area contributed by atoms with Crippen LogP contribution in [-0.2, 0) is 11.8 Å². The highest BCUT2D eigenvalue weighted by Crippen LogP contribution is 2.41. The normalized spacial score (nSPS) is 27.6. The van der Waals surface area contributed by atoms with Gasteiger partial charge in [0.25, 0.3) is 5.56 Å². The molecule has 2 aliphatic rings. The molecule has 0 bridgehead atoms. The van der Waals surface area contributed by atoms with Crippen molar-refractivity contribution in [2.24, 2.45) is 18.2 Å². The van der Waals surface area contributed by atoms with Crippen molar-refractivity contribution in [1.29, 1.82) is 0 Å². The van der Waals surface area contributed by atoms with E-state index in [0.717, 1.165) is 44.2 Å². The van der Waals surface area contributed by atoms with Crippen LogP contribution in [0.25, 0.3) is 0 Å². The van der Waals surface area contributed by atoms with Gasteiger partial charge in [-0.05, 0) is 42.6 Å². The minimum atomic E-state index is -0.0442. The van der Waals surface area contributed by atoms with E-state index in [-0.39, 0.29) is 23.1 Å². The largest absolute Gasteiger partial charge is 0.376 e. The molecule has 0 unspecified atom stereocenters. The Labute approximate surface area is 138 Å². The molecule has 3 rings (SSSR count). The van der Waals surface area contributed by atoms with Gasteiger partial charge < -0.3 is 15.4 Å². The number of aromatic nitrogens is 2. The molecular formula is C15H23BrN4O2. The van der Waals surface area contributed by atoms with Crippen molar-refractivity contribution >= 4 is 21.9 Å². The zero-order valence-corrected chi connectivity index (χ0v) is 14.9. The number of halogens is 1. The Morgan fingerprint density at radius 2 is 2.05 bits per heavy atom. The fraction of sp³-hybridized carbons (Fsp3) is 0.733. The van der Waals surface area contributed by atoms with E-state index in [2.05, 4.69) is 32.7 Å². The monoisotopic (exact) mass is 370 g/mol. The van der Waals surface area contributed by atoms with E-state index in [4.69, 9.17) is 10.5 Å². The summed E-state index contributed by atoms with van der Waals surface area (Å²) in [5.41, 5.74) is 7.12. The predicted molar refractivity (Wildman–Crippen MR) is 89.2 cm³/mol. The lowest BCUT2D eigenvalue weighted by Crippen LogP contribution is -2.51. The molecule has 2 aliphatic heterocycles. The van der Waals surface area contributed by atoms with Crippen molar-refractivity contribution in [2.45, 2.75) is 38.8 Å². The molecule has 6 nitrogen and oxygen atoms in total. The lowest BCUT2D eigenvalue weighted by molar-refractivity contribution is 0.0973. The number of rotatable bonds is 1. The van der Waals surface area contributed by atoms with Crippen LogP contribution < -0.4 is 16.2 Å². The molecule has 2 atom stereocenters. The molecule has 2 fully saturated rings. The van der Waals surface area contributed by atoms with Gasteiger partial charge in [-0.3, -0.25) is 9.36 Å². The average molecular weight is 371 g/mol. The first-order valence-electron chi connectivity index (χ1n) is 7.71. The van der Waals surface area contributed by atoms with E-state index in [9.17, 15) is 4.79 Å². The Morgan fingerprint density at radius 1 is 1.41 bits per heavy atom. The number of nitrogens with two attached hydrogens (primary N) is 1. The summed E-state index contributed by atoms with van der Waals surface area (Å²) in [6.45, 7) is 6.35. The number of nitrogens with zero attached hydrogens (tertiary/aromatic N) is 3. The van der Waals surface area contributed by atoms with Gasteiger partial charge in [0.15, 0.2) is 0 Å². The lowest BCUT2D eigenvalue weighted by atomic mass is 9.73. The number of piperidine rings is 1. The summed E-state index contributed by atoms with van der Waals surface area (Å²) in [5.74, 6) is 0.737. The highest BCUT2D eigenvalue weighted by atomic mass is 79.9. The van der Waals surface area contributed by atoms with E-state index < -0.39 is 0 Å². The van der Waals surface area contributed by atoms with Gasteiger partial charge in [-0.15, -0.1) is 0 Å². The van der Waals surface area contributed by atoms with Crippen molar-refractivity contribution in [3.8, 4) is 0 Å². The zero-order valence-electron chi connectivity index (χ0n) is 13.3. The smallest absolute Gasteiger partial charge is 0.269 e. The molecule has 0 radical (unpaired) electrons. The third kappa shape index (κ3) is 2.39. The van der Waals surface area contributed by atoms with Crippen LogP contribution in [0.2, 0.25) is 0 Å². The molecule has 1 aromatic rings. The van der Waals surface area contributed by atoms with Gasteiger partial charge in [0.05, 0.1) is 18.4 Å². The fourth-order valence-electron chi connectivity index (χ4n) is 3.57. The molecule has 1 aromatic heterocycles. The van der Waals surface area contributed by atoms with Crippen LogP contribution in [0.1, 0.15) is 25.5 Å². The standard InChI is InChI=1S/C15H23BrN4O2/c1-9-11(16)13(21)19(3)14(18-9)20-6-4-15(5-7-20)8-22-10(2)12(15)17/h10,12H,4-8,17H2,1-3H3/t10-,12+/m0/s1. The average Bonchev–Trinajstić information content (AvgIpc) is 2.79. The molecule has 1 spiro atoms. The molecule has 2 saturated heterocycles. The van der Waals surface area contributed by atoms with Crippen molar-refractivity contribution in [1.82, 2.24) is 9.55 Å². The van der Waals surface area contributed by atoms with E-state index in [1.165, 1.54) is 0 Å². The Morgan fingerprint density at radius 3 is 2.59 bits per heavy atom. The first-order valence-corrected chi connectivity index (χ1v) is 8.50. The van der Waals surface area contributed by atoms with Gasteiger partial charge in [0.1, 0.15) is 4.47 Å². The Hall–Kier alpha value is -0.920. The molecule has 2 N–H and O–H groups in total. The molecule has 3 heterocycles. The Kier molecular flexibility index (Phi) is 4.07. The van der Waals surface area contributed by atoms with Gasteiger partial charge in [-0.1, -0.05) is 0 Å². The highest BCUT2D eigenvalue weighted by Gasteiger charge is 2.47. The summed E-state index contributed by atoms with van der Waals surface area (Å²) in [6.07, 6.45) is 2.08. The summed E-state index contributed by atoms with van der Waals surface area (Å²) in [4.78, 5) is 19.0. The van der Waals surface area contributed by atoms with E-state index in [1.54, 1.807) is 11.6 Å². The molecule has 122 valence electrons. The second-order valence-corrected chi connectivity index (χ2v) is 7.36. The third-order valence-corrected chi connectivity index (χ3v) is 6.18. The molecule has 22 heavy (non-hydrogen) atoms. The van der Waals surface area contributed by atoms with Crippen LogP contribution in [0.5, 0.6) is 0 Å². The van der Waals surface area contributed by atoms with E-state index in [1.807, 2.05) is 6.92 Å². The fourth-order valence-corrected chi connectivity index (χ4v) is 3.93. The topological polar surface area (TPSA) is 73.4 Å². The minimum absolute atomic E-state index is 0.0442. The summed E-state index contributed by atoms with van der Waals surface area (Å²) in [5, 5.41) is 0. The molecule has 0 aromatic carbocycles. The predicted octanol–water partition coefficient (Wildman–Crippen LogP) is 1.18. The zero-order chi connectivity index (χ0) is 16.1. The van der Waals surface area contributed by atoms with Crippen LogP contribution in [0.15, 0.2) is 9.27 Å². The Bertz CT molecular complexity index is 637. The molecular weight excluding hydrogens is 348 g/mol. The second-order valence-electron chi connectivity index (χ2n) is 6.57. The van der Waals surface area contributed by atoms with Crippen LogP contribution in [0.3, 0.4) is 0 Å². The van der Waals surface area contributed by atoms with Crippen molar-refractivity contribution in [3.05, 3.63) is 20.5 Å². The van der Waals surface area contributed by atoms with Gasteiger partial charge in [0.2, 0.25) is 5.95 Å². The van der Waals surface area contributed by atoms with E-state index >= 15 is 0 Å². The maximum atomic E-state index is 12.2. The number of ether oxygens (including phenoxy) is 1. The number of hydrogen-bond donors (Lipinski definition) is 1. The van der Waals surface area contributed by atoms with Crippen LogP contribution >= 0.6 is 15.9 Å². The maximum Gasteiger partial charge on any atom is 0.269 e. The van der Waals surface area contributed by atoms with Gasteiger partial charge >= 0.3 is 0 Å². The summed E-state index contributed by atoms with van der Waals surface area (Å²) >= 11 is 3.30. The number of hydrogen-bond acceptors (Lipinski definition) is 5. The van der Waals surface area contributed by atoms with Gasteiger partial charge in [-0.2, -0.15) is 0 Å². The van der Waals surface area contributed by atoms with Crippen molar-refractivity contribution in [2.75, 3.05) is 24.6 Å². The summed E-state index contributed by atoms with van der Waals surface area (Å²) in [6, 6.07) is 0.0954. The minimum Gasteiger partial charge on any atom is -0.376 e. The maximum absolute atomic E-state index is 12.2. The van der Waals surface area contributed by atoms with E-state index in [0.29, 0.717) is 4.47 Å². The first kappa shape index (κ1) is 16.0. The summed E-state index contributed by atoms with van der Waals surface area (Å²) < 4.78 is 7.90. The molecule has 0 amide bonds. The number of aryl methyl sites for hydroxylation is 1. The lowest BCUT2D eigenvalue weighted by Gasteiger charge is -2.41. The molecule has 7 heteroatoms. The van der Waals surface area contributed by atoms with Gasteiger partial charge in [0, 0.05) is 31.6 Å². The Balaban J connectivity index is 1.82. The molecule has 0 saturated carbocycles. The summed E-state index contributed by atoms with van der Waals surface area (Å²) in [7, 11) is 1.77. The quantitative estimate of drug-likeness (QED) is 0.803. The first-order chi connectivity index (χ1) is 10.4. The highest BCUT2D eigenvalue weighted by molar-refractivity contribution is 9.10. The second kappa shape index (κ2) is 5.62. The third-order valence-electron chi connectivity index (χ3n) is 5.27. The van der Waals surface area contributed by atoms with Crippen LogP contribution in [0.4, 0.5) is 5.95 Å². The van der Waals surface area contributed by atoms with Crippen LogP contribution in [0, 0.1) is 12.3 Å². The SMILES string of the molecule is Cc1nc(N2CCC3(CC2)CO[C@@H](C)[C@H]3N)n(C)c(=O)c1Br. The van der Waals surface area contributed by atoms with Crippen molar-refractivity contribution < 1.29 is 4.74 Å². The van der Waals surface area contributed by atoms with Crippen LogP contribution in [-0.4, -0.2) is 41.4 Å². The molecule has 0 aliphatic carbocycles. The van der Waals surface area contributed by atoms with Gasteiger partial charge in [-0.25, -0.2) is 4.98 Å².